The second-order valence-electron chi connectivity index (χ2n) is 5.30. The highest BCUT2D eigenvalue weighted by atomic mass is 32.2. The van der Waals surface area contributed by atoms with Crippen molar-refractivity contribution in [3.05, 3.63) is 78.1 Å². The molecule has 0 unspecified atom stereocenters. The average Bonchev–Trinajstić information content (AvgIpc) is 2.59. The molecule has 1 N–H and O–H groups in total. The summed E-state index contributed by atoms with van der Waals surface area (Å²) in [7, 11) is 0. The number of nitrogens with one attached hydrogen (secondary N) is 1. The Balaban J connectivity index is 1.54. The average molecular weight is 323 g/mol. The number of benzene rings is 3. The molecule has 0 fully saturated rings. The molecule has 0 aliphatic carbocycles. The monoisotopic (exact) mass is 323 g/mol. The van der Waals surface area contributed by atoms with Gasteiger partial charge in [-0.15, -0.1) is 0 Å². The highest BCUT2D eigenvalue weighted by molar-refractivity contribution is 7.99. The predicted molar refractivity (Wildman–Crippen MR) is 91.0 cm³/mol. The summed E-state index contributed by atoms with van der Waals surface area (Å²) in [5.74, 6) is 0.583. The molecule has 4 rings (SSSR count). The number of fused-ring (bicyclic) bond motifs is 2. The van der Waals surface area contributed by atoms with Crippen LogP contribution in [0.1, 0.15) is 5.56 Å². The van der Waals surface area contributed by atoms with Crippen LogP contribution in [0.2, 0.25) is 0 Å². The van der Waals surface area contributed by atoms with Crippen LogP contribution in [0.4, 0.5) is 15.8 Å². The van der Waals surface area contributed by atoms with Crippen molar-refractivity contribution in [2.75, 3.05) is 5.32 Å². The summed E-state index contributed by atoms with van der Waals surface area (Å²) < 4.78 is 19.2. The summed E-state index contributed by atoms with van der Waals surface area (Å²) in [5.41, 5.74) is 3.08. The van der Waals surface area contributed by atoms with Gasteiger partial charge >= 0.3 is 0 Å². The van der Waals surface area contributed by atoms with Crippen molar-refractivity contribution in [2.45, 2.75) is 16.4 Å². The predicted octanol–water partition coefficient (Wildman–Crippen LogP) is 5.61. The third-order valence-electron chi connectivity index (χ3n) is 3.63. The molecule has 3 aromatic rings. The summed E-state index contributed by atoms with van der Waals surface area (Å²) in [6.45, 7) is 0.531. The Morgan fingerprint density at radius 2 is 1.61 bits per heavy atom. The van der Waals surface area contributed by atoms with Gasteiger partial charge in [0.05, 0.1) is 11.4 Å². The van der Waals surface area contributed by atoms with Gasteiger partial charge in [-0.1, -0.05) is 42.1 Å². The van der Waals surface area contributed by atoms with Crippen LogP contribution in [0, 0.1) is 5.82 Å². The van der Waals surface area contributed by atoms with Crippen molar-refractivity contribution >= 4 is 23.1 Å². The maximum absolute atomic E-state index is 13.4. The second kappa shape index (κ2) is 5.97. The van der Waals surface area contributed by atoms with Crippen molar-refractivity contribution in [3.8, 4) is 5.75 Å². The van der Waals surface area contributed by atoms with Crippen LogP contribution < -0.4 is 10.1 Å². The van der Waals surface area contributed by atoms with Crippen molar-refractivity contribution in [2.24, 2.45) is 0 Å². The van der Waals surface area contributed by atoms with E-state index >= 15 is 0 Å². The largest absolute Gasteiger partial charge is 0.489 e. The Hall–Kier alpha value is -2.46. The lowest BCUT2D eigenvalue weighted by molar-refractivity contribution is 0.305. The van der Waals surface area contributed by atoms with E-state index < -0.39 is 0 Å². The van der Waals surface area contributed by atoms with E-state index in [0.29, 0.717) is 6.61 Å². The molecule has 1 aliphatic rings. The van der Waals surface area contributed by atoms with Crippen LogP contribution in [-0.2, 0) is 6.61 Å². The van der Waals surface area contributed by atoms with Gasteiger partial charge in [0.2, 0.25) is 0 Å². The van der Waals surface area contributed by atoms with E-state index in [-0.39, 0.29) is 5.82 Å². The molecule has 4 heteroatoms. The second-order valence-corrected chi connectivity index (χ2v) is 6.38. The molecular weight excluding hydrogens is 309 g/mol. The maximum Gasteiger partial charge on any atom is 0.124 e. The molecule has 0 aromatic heterocycles. The van der Waals surface area contributed by atoms with Gasteiger partial charge < -0.3 is 10.1 Å². The first-order valence-corrected chi connectivity index (χ1v) is 8.15. The highest BCUT2D eigenvalue weighted by Gasteiger charge is 2.16. The molecule has 0 saturated carbocycles. The molecule has 2 nitrogen and oxygen atoms in total. The molecule has 23 heavy (non-hydrogen) atoms. The fraction of sp³-hybridized carbons (Fsp3) is 0.0526. The smallest absolute Gasteiger partial charge is 0.124 e. The number of anilines is 2. The van der Waals surface area contributed by atoms with Crippen LogP contribution in [0.3, 0.4) is 0 Å². The Kier molecular flexibility index (Phi) is 3.67. The molecule has 0 spiro atoms. The third kappa shape index (κ3) is 3.03. The van der Waals surface area contributed by atoms with Crippen LogP contribution in [0.5, 0.6) is 5.75 Å². The van der Waals surface area contributed by atoms with E-state index in [9.17, 15) is 4.39 Å². The van der Waals surface area contributed by atoms with Gasteiger partial charge in [-0.3, -0.25) is 0 Å². The summed E-state index contributed by atoms with van der Waals surface area (Å²) >= 11 is 1.55. The van der Waals surface area contributed by atoms with E-state index in [0.717, 1.165) is 32.5 Å². The lowest BCUT2D eigenvalue weighted by atomic mass is 10.2. The number of halogens is 1. The van der Waals surface area contributed by atoms with Gasteiger partial charge in [0.1, 0.15) is 18.2 Å². The van der Waals surface area contributed by atoms with Crippen molar-refractivity contribution in [3.63, 3.8) is 0 Å². The molecule has 0 atom stereocenters. The van der Waals surface area contributed by atoms with E-state index in [2.05, 4.69) is 5.32 Å². The minimum atomic E-state index is -0.224. The van der Waals surface area contributed by atoms with E-state index in [1.807, 2.05) is 48.5 Å². The molecule has 0 saturated heterocycles. The zero-order valence-corrected chi connectivity index (χ0v) is 13.1. The first-order chi connectivity index (χ1) is 11.3. The van der Waals surface area contributed by atoms with Crippen molar-refractivity contribution < 1.29 is 9.13 Å². The van der Waals surface area contributed by atoms with E-state index in [1.54, 1.807) is 23.9 Å². The molecule has 1 heterocycles. The van der Waals surface area contributed by atoms with Crippen LogP contribution in [0.15, 0.2) is 76.5 Å². The Labute approximate surface area is 138 Å². The molecule has 1 aliphatic heterocycles. The molecule has 3 aromatic carbocycles. The number of ether oxygens (including phenoxy) is 1. The van der Waals surface area contributed by atoms with Gasteiger partial charge in [-0.05, 0) is 42.0 Å². The molecular formula is C19H14FNOS. The minimum absolute atomic E-state index is 0.224. The van der Waals surface area contributed by atoms with Crippen molar-refractivity contribution in [1.29, 1.82) is 0 Å². The number of hydrogen-bond donors (Lipinski definition) is 1. The zero-order valence-electron chi connectivity index (χ0n) is 12.3. The quantitative estimate of drug-likeness (QED) is 0.529. The lowest BCUT2D eigenvalue weighted by Gasteiger charge is -2.21. The standard InChI is InChI=1S/C19H14FNOS/c20-14-6-8-16-18(10-14)23-19-11-15(7-9-17(19)21-16)22-12-13-4-2-1-3-5-13/h1-11,21H,12H2. The summed E-state index contributed by atoms with van der Waals surface area (Å²) in [6, 6.07) is 20.8. The first-order valence-electron chi connectivity index (χ1n) is 7.33. The van der Waals surface area contributed by atoms with Gasteiger partial charge in [0.15, 0.2) is 0 Å². The fourth-order valence-corrected chi connectivity index (χ4v) is 3.51. The van der Waals surface area contributed by atoms with Gasteiger partial charge in [0, 0.05) is 9.79 Å². The van der Waals surface area contributed by atoms with Gasteiger partial charge in [-0.2, -0.15) is 0 Å². The lowest BCUT2D eigenvalue weighted by Crippen LogP contribution is -2.01. The Morgan fingerprint density at radius 3 is 2.43 bits per heavy atom. The topological polar surface area (TPSA) is 21.3 Å². The maximum atomic E-state index is 13.4. The van der Waals surface area contributed by atoms with Crippen molar-refractivity contribution in [1.82, 2.24) is 0 Å². The molecule has 0 radical (unpaired) electrons. The number of hydrogen-bond acceptors (Lipinski definition) is 3. The van der Waals surface area contributed by atoms with Gasteiger partial charge in [0.25, 0.3) is 0 Å². The zero-order chi connectivity index (χ0) is 15.6. The van der Waals surface area contributed by atoms with Gasteiger partial charge in [-0.25, -0.2) is 4.39 Å². The summed E-state index contributed by atoms with van der Waals surface area (Å²) in [4.78, 5) is 1.92. The Morgan fingerprint density at radius 1 is 0.870 bits per heavy atom. The normalized spacial score (nSPS) is 12.0. The first kappa shape index (κ1) is 14.2. The summed E-state index contributed by atoms with van der Waals surface area (Å²) in [6.07, 6.45) is 0. The Bertz CT molecular complexity index is 851. The van der Waals surface area contributed by atoms with E-state index in [1.165, 1.54) is 6.07 Å². The SMILES string of the molecule is Fc1ccc2c(c1)Sc1cc(OCc3ccccc3)ccc1N2. The fourth-order valence-electron chi connectivity index (χ4n) is 2.47. The van der Waals surface area contributed by atoms with Crippen LogP contribution in [-0.4, -0.2) is 0 Å². The number of rotatable bonds is 3. The van der Waals surface area contributed by atoms with E-state index in [4.69, 9.17) is 4.74 Å². The summed E-state index contributed by atoms with van der Waals surface area (Å²) in [5, 5.41) is 3.33. The molecule has 0 bridgehead atoms. The van der Waals surface area contributed by atoms with Crippen LogP contribution in [0.25, 0.3) is 0 Å². The minimum Gasteiger partial charge on any atom is -0.489 e. The third-order valence-corrected chi connectivity index (χ3v) is 4.75. The molecule has 114 valence electrons. The van der Waals surface area contributed by atoms with Crippen LogP contribution >= 0.6 is 11.8 Å². The highest BCUT2D eigenvalue weighted by Crippen LogP contribution is 2.45. The molecule has 0 amide bonds.